The van der Waals surface area contributed by atoms with E-state index in [1.807, 2.05) is 18.2 Å². The summed E-state index contributed by atoms with van der Waals surface area (Å²) in [5.41, 5.74) is 1.60. The second-order valence-electron chi connectivity index (χ2n) is 6.47. The van der Waals surface area contributed by atoms with Crippen molar-refractivity contribution in [3.63, 3.8) is 0 Å². The van der Waals surface area contributed by atoms with Crippen molar-refractivity contribution in [2.75, 3.05) is 6.54 Å². The van der Waals surface area contributed by atoms with Crippen LogP contribution in [0.2, 0.25) is 0 Å². The van der Waals surface area contributed by atoms with Crippen LogP contribution in [-0.2, 0) is 18.3 Å². The summed E-state index contributed by atoms with van der Waals surface area (Å²) in [4.78, 5) is 12.6. The van der Waals surface area contributed by atoms with Gasteiger partial charge in [-0.1, -0.05) is 36.8 Å². The van der Waals surface area contributed by atoms with Crippen LogP contribution in [0.15, 0.2) is 42.7 Å². The van der Waals surface area contributed by atoms with Crippen molar-refractivity contribution >= 4 is 5.91 Å². The third kappa shape index (κ3) is 3.45. The molecule has 0 spiro atoms. The van der Waals surface area contributed by atoms with Crippen LogP contribution >= 0.6 is 0 Å². The van der Waals surface area contributed by atoms with Gasteiger partial charge in [0, 0.05) is 25.4 Å². The first kappa shape index (κ1) is 15.7. The fourth-order valence-corrected chi connectivity index (χ4v) is 3.18. The maximum atomic E-state index is 12.6. The van der Waals surface area contributed by atoms with E-state index >= 15 is 0 Å². The van der Waals surface area contributed by atoms with Crippen LogP contribution in [0, 0.1) is 5.41 Å². The molecule has 5 heteroatoms. The smallest absolute Gasteiger partial charge is 0.226 e. The normalized spacial score (nSPS) is 17.3. The number of hydrogen-bond donors (Lipinski definition) is 2. The van der Waals surface area contributed by atoms with E-state index in [9.17, 15) is 9.90 Å². The Morgan fingerprint density at radius 2 is 2.13 bits per heavy atom. The number of carbonyl (C=O) groups excluding carboxylic acids is 1. The number of aliphatic hydroxyl groups excluding tert-OH is 1. The first-order chi connectivity index (χ1) is 11.1. The Bertz CT molecular complexity index is 662. The number of aliphatic hydroxyl groups is 1. The summed E-state index contributed by atoms with van der Waals surface area (Å²) in [6.07, 6.45) is 6.35. The number of aromatic nitrogens is 2. The molecule has 0 saturated heterocycles. The van der Waals surface area contributed by atoms with Crippen LogP contribution in [0.5, 0.6) is 0 Å². The van der Waals surface area contributed by atoms with Gasteiger partial charge in [-0.2, -0.15) is 5.10 Å². The Hall–Kier alpha value is -2.14. The molecular formula is C18H23N3O2. The van der Waals surface area contributed by atoms with Crippen LogP contribution in [0.4, 0.5) is 0 Å². The molecule has 23 heavy (non-hydrogen) atoms. The number of aryl methyl sites for hydroxylation is 1. The molecular weight excluding hydrogens is 290 g/mol. The summed E-state index contributed by atoms with van der Waals surface area (Å²) in [6.45, 7) is 0.223. The first-order valence-electron chi connectivity index (χ1n) is 8.08. The Morgan fingerprint density at radius 1 is 1.39 bits per heavy atom. The van der Waals surface area contributed by atoms with Gasteiger partial charge < -0.3 is 10.4 Å². The standard InChI is InChI=1S/C18H23N3O2/c1-21-13-15(11-20-21)16(22)12-19-17(23)18(8-5-9-18)10-14-6-3-2-4-7-14/h2-4,6-7,11,13,16,22H,5,8-10,12H2,1H3,(H,19,23)/t16-/m0/s1. The second-order valence-corrected chi connectivity index (χ2v) is 6.47. The van der Waals surface area contributed by atoms with Crippen LogP contribution in [0.1, 0.15) is 36.5 Å². The molecule has 122 valence electrons. The minimum absolute atomic E-state index is 0.0514. The molecule has 1 atom stereocenters. The topological polar surface area (TPSA) is 67.2 Å². The lowest BCUT2D eigenvalue weighted by atomic mass is 9.64. The van der Waals surface area contributed by atoms with E-state index in [1.165, 1.54) is 5.56 Å². The van der Waals surface area contributed by atoms with Crippen molar-refractivity contribution in [2.24, 2.45) is 12.5 Å². The minimum Gasteiger partial charge on any atom is -0.386 e. The van der Waals surface area contributed by atoms with E-state index in [0.29, 0.717) is 0 Å². The van der Waals surface area contributed by atoms with Gasteiger partial charge in [0.15, 0.2) is 0 Å². The fourth-order valence-electron chi connectivity index (χ4n) is 3.18. The highest BCUT2D eigenvalue weighted by atomic mass is 16.3. The number of hydrogen-bond acceptors (Lipinski definition) is 3. The molecule has 1 aliphatic rings. The SMILES string of the molecule is Cn1cc([C@@H](O)CNC(=O)C2(Cc3ccccc3)CCC2)cn1. The predicted octanol–water partition coefficient (Wildman–Crippen LogP) is 1.98. The van der Waals surface area contributed by atoms with Crippen molar-refractivity contribution < 1.29 is 9.90 Å². The second kappa shape index (κ2) is 6.54. The van der Waals surface area contributed by atoms with Gasteiger partial charge in [0.2, 0.25) is 5.91 Å². The van der Waals surface area contributed by atoms with Crippen molar-refractivity contribution in [1.82, 2.24) is 15.1 Å². The van der Waals surface area contributed by atoms with Crippen molar-refractivity contribution in [2.45, 2.75) is 31.8 Å². The van der Waals surface area contributed by atoms with E-state index < -0.39 is 6.10 Å². The van der Waals surface area contributed by atoms with Gasteiger partial charge in [0.1, 0.15) is 0 Å². The molecule has 2 aromatic rings. The molecule has 1 heterocycles. The van der Waals surface area contributed by atoms with Gasteiger partial charge in [-0.25, -0.2) is 0 Å². The van der Waals surface area contributed by atoms with Crippen molar-refractivity contribution in [3.05, 3.63) is 53.9 Å². The molecule has 1 fully saturated rings. The number of carbonyl (C=O) groups is 1. The molecule has 0 aliphatic heterocycles. The largest absolute Gasteiger partial charge is 0.386 e. The van der Waals surface area contributed by atoms with Crippen molar-refractivity contribution in [3.8, 4) is 0 Å². The maximum Gasteiger partial charge on any atom is 0.226 e. The van der Waals surface area contributed by atoms with Crippen LogP contribution in [-0.4, -0.2) is 27.3 Å². The highest BCUT2D eigenvalue weighted by Crippen LogP contribution is 2.44. The van der Waals surface area contributed by atoms with E-state index in [1.54, 1.807) is 24.1 Å². The third-order valence-electron chi connectivity index (χ3n) is 4.74. The maximum absolute atomic E-state index is 12.6. The number of rotatable bonds is 6. The molecule has 1 saturated carbocycles. The van der Waals surface area contributed by atoms with E-state index in [-0.39, 0.29) is 17.9 Å². The molecule has 0 bridgehead atoms. The van der Waals surface area contributed by atoms with E-state index in [4.69, 9.17) is 0 Å². The zero-order chi connectivity index (χ0) is 16.3. The van der Waals surface area contributed by atoms with Crippen LogP contribution in [0.25, 0.3) is 0 Å². The highest BCUT2D eigenvalue weighted by molar-refractivity contribution is 5.83. The number of amides is 1. The van der Waals surface area contributed by atoms with Gasteiger partial charge in [-0.3, -0.25) is 9.48 Å². The van der Waals surface area contributed by atoms with Gasteiger partial charge >= 0.3 is 0 Å². The average Bonchev–Trinajstić information content (AvgIpc) is 2.96. The summed E-state index contributed by atoms with van der Waals surface area (Å²) >= 11 is 0. The quantitative estimate of drug-likeness (QED) is 0.857. The van der Waals surface area contributed by atoms with Gasteiger partial charge in [-0.15, -0.1) is 0 Å². The predicted molar refractivity (Wildman–Crippen MR) is 87.6 cm³/mol. The molecule has 1 aliphatic carbocycles. The summed E-state index contributed by atoms with van der Waals surface area (Å²) in [5.74, 6) is 0.0514. The zero-order valence-corrected chi connectivity index (χ0v) is 13.4. The fraction of sp³-hybridized carbons (Fsp3) is 0.444. The Labute approximate surface area is 136 Å². The first-order valence-corrected chi connectivity index (χ1v) is 8.08. The van der Waals surface area contributed by atoms with Gasteiger partial charge in [0.05, 0.1) is 17.7 Å². The number of nitrogens with one attached hydrogen (secondary N) is 1. The number of nitrogens with zero attached hydrogens (tertiary/aromatic N) is 2. The van der Waals surface area contributed by atoms with E-state index in [2.05, 4.69) is 22.5 Å². The Kier molecular flexibility index (Phi) is 4.48. The lowest BCUT2D eigenvalue weighted by molar-refractivity contribution is -0.136. The lowest BCUT2D eigenvalue weighted by Gasteiger charge is -2.40. The van der Waals surface area contributed by atoms with Crippen LogP contribution < -0.4 is 5.32 Å². The summed E-state index contributed by atoms with van der Waals surface area (Å²) in [5, 5.41) is 17.1. The third-order valence-corrected chi connectivity index (χ3v) is 4.74. The highest BCUT2D eigenvalue weighted by Gasteiger charge is 2.43. The van der Waals surface area contributed by atoms with Crippen LogP contribution in [0.3, 0.4) is 0 Å². The summed E-state index contributed by atoms with van der Waals surface area (Å²) in [6, 6.07) is 10.1. The molecule has 3 rings (SSSR count). The molecule has 1 aromatic carbocycles. The molecule has 1 aromatic heterocycles. The monoisotopic (exact) mass is 313 g/mol. The number of benzene rings is 1. The van der Waals surface area contributed by atoms with Gasteiger partial charge in [-0.05, 0) is 24.8 Å². The average molecular weight is 313 g/mol. The molecule has 0 unspecified atom stereocenters. The molecule has 0 radical (unpaired) electrons. The lowest BCUT2D eigenvalue weighted by Crippen LogP contribution is -2.48. The summed E-state index contributed by atoms with van der Waals surface area (Å²) < 4.78 is 1.64. The molecule has 2 N–H and O–H groups in total. The van der Waals surface area contributed by atoms with E-state index in [0.717, 1.165) is 31.2 Å². The minimum atomic E-state index is -0.721. The molecule has 1 amide bonds. The molecule has 5 nitrogen and oxygen atoms in total. The Morgan fingerprint density at radius 3 is 2.70 bits per heavy atom. The zero-order valence-electron chi connectivity index (χ0n) is 13.4. The summed E-state index contributed by atoms with van der Waals surface area (Å²) in [7, 11) is 1.80. The van der Waals surface area contributed by atoms with Crippen molar-refractivity contribution in [1.29, 1.82) is 0 Å². The Balaban J connectivity index is 1.59. The van der Waals surface area contributed by atoms with Gasteiger partial charge in [0.25, 0.3) is 0 Å².